The highest BCUT2D eigenvalue weighted by Crippen LogP contribution is 2.45. The first-order chi connectivity index (χ1) is 38.9. The molecule has 6 atom stereocenters. The number of hydrogen-bond donors (Lipinski definition) is 3. The van der Waals surface area contributed by atoms with Gasteiger partial charge in [0, 0.05) is 25.7 Å². The van der Waals surface area contributed by atoms with E-state index in [9.17, 15) is 43.2 Å². The van der Waals surface area contributed by atoms with Crippen LogP contribution < -0.4 is 0 Å². The number of esters is 4. The summed E-state index contributed by atoms with van der Waals surface area (Å²) in [6.07, 6.45) is 38.8. The zero-order valence-electron chi connectivity index (χ0n) is 51.6. The lowest BCUT2D eigenvalue weighted by molar-refractivity contribution is -0.161. The highest BCUT2D eigenvalue weighted by atomic mass is 31.2. The monoisotopic (exact) mass is 1190 g/mol. The molecule has 0 radical (unpaired) electrons. The molecule has 0 aliphatic carbocycles. The van der Waals surface area contributed by atoms with Gasteiger partial charge in [0.25, 0.3) is 0 Å². The quantitative estimate of drug-likeness (QED) is 0.0169. The Kier molecular flexibility index (Phi) is 52.6. The third-order valence-electron chi connectivity index (χ3n) is 13.9. The van der Waals surface area contributed by atoms with E-state index in [4.69, 9.17) is 37.0 Å². The molecule has 3 N–H and O–H groups in total. The molecule has 0 saturated heterocycles. The molecule has 0 fully saturated rings. The van der Waals surface area contributed by atoms with Gasteiger partial charge >= 0.3 is 39.5 Å². The number of hydrogen-bond acceptors (Lipinski definition) is 15. The Balaban J connectivity index is 5.25. The Bertz CT molecular complexity index is 1690. The zero-order valence-corrected chi connectivity index (χ0v) is 53.3. The summed E-state index contributed by atoms with van der Waals surface area (Å²) in [6.45, 7) is 9.23. The van der Waals surface area contributed by atoms with Crippen molar-refractivity contribution in [3.8, 4) is 0 Å². The van der Waals surface area contributed by atoms with Crippen LogP contribution in [0.25, 0.3) is 0 Å². The molecule has 19 heteroatoms. The molecule has 0 aliphatic rings. The summed E-state index contributed by atoms with van der Waals surface area (Å²) < 4.78 is 67.7. The number of carbonyl (C=O) groups excluding carboxylic acids is 4. The fourth-order valence-electron chi connectivity index (χ4n) is 8.61. The molecular weight excluding hydrogens is 1080 g/mol. The number of aliphatic hydroxyl groups excluding tert-OH is 1. The predicted octanol–water partition coefficient (Wildman–Crippen LogP) is 16.4. The Hall–Kier alpha value is -2.46. The van der Waals surface area contributed by atoms with Crippen LogP contribution in [0.15, 0.2) is 24.3 Å². The Morgan fingerprint density at radius 3 is 1.11 bits per heavy atom. The Labute approximate surface area is 491 Å². The number of unbranched alkanes of at least 4 members (excludes halogenated alkanes) is 25. The fraction of sp³-hybridized carbons (Fsp3) is 0.871. The smallest absolute Gasteiger partial charge is 0.462 e. The minimum absolute atomic E-state index is 0.0836. The lowest BCUT2D eigenvalue weighted by atomic mass is 10.00. The van der Waals surface area contributed by atoms with Crippen molar-refractivity contribution in [3.63, 3.8) is 0 Å². The van der Waals surface area contributed by atoms with Crippen LogP contribution in [0.1, 0.15) is 279 Å². The van der Waals surface area contributed by atoms with Crippen molar-refractivity contribution in [2.75, 3.05) is 39.6 Å². The molecule has 17 nitrogen and oxygen atoms in total. The molecule has 0 spiro atoms. The number of phosphoric acid groups is 2. The van der Waals surface area contributed by atoms with Gasteiger partial charge in [-0.2, -0.15) is 0 Å². The van der Waals surface area contributed by atoms with Crippen molar-refractivity contribution in [2.45, 2.75) is 297 Å². The second-order valence-electron chi connectivity index (χ2n) is 22.5. The molecule has 81 heavy (non-hydrogen) atoms. The highest BCUT2D eigenvalue weighted by Gasteiger charge is 2.30. The van der Waals surface area contributed by atoms with Crippen molar-refractivity contribution in [3.05, 3.63) is 24.3 Å². The van der Waals surface area contributed by atoms with E-state index in [1.807, 2.05) is 0 Å². The summed E-state index contributed by atoms with van der Waals surface area (Å²) in [4.78, 5) is 71.9. The zero-order chi connectivity index (χ0) is 60.1. The van der Waals surface area contributed by atoms with Gasteiger partial charge in [-0.1, -0.05) is 226 Å². The minimum atomic E-state index is -4.95. The van der Waals surface area contributed by atoms with Gasteiger partial charge in [0.15, 0.2) is 12.2 Å². The first-order valence-corrected chi connectivity index (χ1v) is 34.8. The summed E-state index contributed by atoms with van der Waals surface area (Å²) in [7, 11) is -9.89. The van der Waals surface area contributed by atoms with Crippen LogP contribution in [0.5, 0.6) is 0 Å². The van der Waals surface area contributed by atoms with Crippen LogP contribution >= 0.6 is 15.6 Å². The molecule has 476 valence electrons. The van der Waals surface area contributed by atoms with Gasteiger partial charge in [-0.05, 0) is 63.2 Å². The highest BCUT2D eigenvalue weighted by molar-refractivity contribution is 7.47. The van der Waals surface area contributed by atoms with Gasteiger partial charge in [-0.15, -0.1) is 0 Å². The standard InChI is InChI=1S/C62H116O17P2/c1-7-10-12-14-16-17-18-19-20-21-22-23-25-34-40-46-61(66)78-57(51-73-60(65)45-39-33-29-27-31-37-43-55(6)9-3)52-76-80(68,69)74-48-56(63)49-75-81(70,71)77-53-58(50-72-59(64)44-38-32-24-15-13-11-8-2)79-62(67)47-41-35-28-26-30-36-42-54(4)5/h17-20,54-58,63H,7-16,21-53H2,1-6H3,(H,68,69)(H,70,71)/b18-17-,20-19-/t55?,56-,57-,58-/m1/s1. The normalized spacial score (nSPS) is 14.9. The molecule has 0 aromatic carbocycles. The molecule has 0 aromatic rings. The van der Waals surface area contributed by atoms with Crippen molar-refractivity contribution in [1.82, 2.24) is 0 Å². The number of rotatable bonds is 59. The Morgan fingerprint density at radius 2 is 0.728 bits per heavy atom. The summed E-state index contributed by atoms with van der Waals surface area (Å²) in [6, 6.07) is 0. The van der Waals surface area contributed by atoms with Crippen molar-refractivity contribution in [2.24, 2.45) is 11.8 Å². The topological polar surface area (TPSA) is 237 Å². The van der Waals surface area contributed by atoms with E-state index >= 15 is 0 Å². The molecule has 0 rings (SSSR count). The molecule has 0 saturated carbocycles. The molecule has 3 unspecified atom stereocenters. The maximum atomic E-state index is 12.9. The van der Waals surface area contributed by atoms with Gasteiger partial charge in [0.1, 0.15) is 19.3 Å². The van der Waals surface area contributed by atoms with Crippen molar-refractivity contribution in [1.29, 1.82) is 0 Å². The molecule has 0 aliphatic heterocycles. The van der Waals surface area contributed by atoms with Crippen LogP contribution in [-0.2, 0) is 65.4 Å². The predicted molar refractivity (Wildman–Crippen MR) is 321 cm³/mol. The molecule has 0 amide bonds. The SMILES string of the molecule is CCCCCC/C=C\C=C/CCCCCCCC(=O)O[C@H](COC(=O)CCCCCCCCC(C)CC)COP(=O)(O)OC[C@@H](O)COP(=O)(O)OC[C@@H](COC(=O)CCCCCCCCC)OC(=O)CCCCCCCCC(C)C. The van der Waals surface area contributed by atoms with E-state index in [2.05, 4.69) is 65.8 Å². The van der Waals surface area contributed by atoms with Gasteiger partial charge in [0.05, 0.1) is 26.4 Å². The van der Waals surface area contributed by atoms with E-state index in [0.717, 1.165) is 128 Å². The summed E-state index contributed by atoms with van der Waals surface area (Å²) in [5, 5.41) is 10.5. The number of phosphoric ester groups is 2. The summed E-state index contributed by atoms with van der Waals surface area (Å²) in [5.41, 5.74) is 0. The first-order valence-electron chi connectivity index (χ1n) is 31.8. The minimum Gasteiger partial charge on any atom is -0.462 e. The maximum Gasteiger partial charge on any atom is 0.472 e. The number of ether oxygens (including phenoxy) is 4. The van der Waals surface area contributed by atoms with Crippen LogP contribution in [0, 0.1) is 11.8 Å². The maximum absolute atomic E-state index is 12.9. The van der Waals surface area contributed by atoms with Crippen LogP contribution in [0.4, 0.5) is 0 Å². The van der Waals surface area contributed by atoms with E-state index < -0.39 is 97.5 Å². The van der Waals surface area contributed by atoms with E-state index in [-0.39, 0.29) is 25.7 Å². The average Bonchev–Trinajstić information content (AvgIpc) is 3.43. The number of carbonyl (C=O) groups is 4. The van der Waals surface area contributed by atoms with E-state index in [1.54, 1.807) is 0 Å². The molecular formula is C62H116O17P2. The van der Waals surface area contributed by atoms with Crippen LogP contribution in [-0.4, -0.2) is 96.7 Å². The van der Waals surface area contributed by atoms with Gasteiger partial charge in [-0.3, -0.25) is 37.3 Å². The second-order valence-corrected chi connectivity index (χ2v) is 25.4. The average molecular weight is 1200 g/mol. The van der Waals surface area contributed by atoms with E-state index in [1.165, 1.54) is 64.2 Å². The van der Waals surface area contributed by atoms with Crippen LogP contribution in [0.2, 0.25) is 0 Å². The van der Waals surface area contributed by atoms with Crippen LogP contribution in [0.3, 0.4) is 0 Å². The number of aliphatic hydroxyl groups is 1. The lowest BCUT2D eigenvalue weighted by Crippen LogP contribution is -2.30. The lowest BCUT2D eigenvalue weighted by Gasteiger charge is -2.21. The summed E-state index contributed by atoms with van der Waals surface area (Å²) >= 11 is 0. The third-order valence-corrected chi connectivity index (χ3v) is 15.8. The molecule has 0 bridgehead atoms. The molecule has 0 aromatic heterocycles. The third kappa shape index (κ3) is 55.2. The largest absolute Gasteiger partial charge is 0.472 e. The number of allylic oxidation sites excluding steroid dienone is 4. The Morgan fingerprint density at radius 1 is 0.407 bits per heavy atom. The van der Waals surface area contributed by atoms with Crippen molar-refractivity contribution < 1.29 is 80.2 Å². The van der Waals surface area contributed by atoms with E-state index in [0.29, 0.717) is 31.6 Å². The summed E-state index contributed by atoms with van der Waals surface area (Å²) in [5.74, 6) is -0.782. The molecule has 0 heterocycles. The van der Waals surface area contributed by atoms with Crippen molar-refractivity contribution >= 4 is 39.5 Å². The van der Waals surface area contributed by atoms with Gasteiger partial charge < -0.3 is 33.8 Å². The first kappa shape index (κ1) is 78.5. The van der Waals surface area contributed by atoms with Gasteiger partial charge in [-0.25, -0.2) is 9.13 Å². The fourth-order valence-corrected chi connectivity index (χ4v) is 10.2. The second kappa shape index (κ2) is 54.2. The van der Waals surface area contributed by atoms with Gasteiger partial charge in [0.2, 0.25) is 0 Å².